The summed E-state index contributed by atoms with van der Waals surface area (Å²) in [6, 6.07) is 68.4. The summed E-state index contributed by atoms with van der Waals surface area (Å²) in [7, 11) is 8.11. The number of rotatable bonds is 22. The lowest BCUT2D eigenvalue weighted by molar-refractivity contribution is -0.129. The minimum absolute atomic E-state index is 0.0507. The number of hydrogen-bond acceptors (Lipinski definition) is 16. The van der Waals surface area contributed by atoms with Gasteiger partial charge in [0.15, 0.2) is 0 Å². The number of nitrogens with zero attached hydrogens (tertiary/aromatic N) is 7. The molecule has 7 saturated heterocycles. The first-order valence-corrected chi connectivity index (χ1v) is 51.3. The van der Waals surface area contributed by atoms with Crippen molar-refractivity contribution in [2.24, 2.45) is 5.73 Å². The Labute approximate surface area is 807 Å². The first-order valence-electron chi connectivity index (χ1n) is 51.3. The molecule has 8 N–H and O–H groups in total. The van der Waals surface area contributed by atoms with Crippen LogP contribution in [0.3, 0.4) is 0 Å². The summed E-state index contributed by atoms with van der Waals surface area (Å²) < 4.78 is 11.1. The molecule has 0 spiro atoms. The number of benzene rings is 8. The zero-order valence-corrected chi connectivity index (χ0v) is 86.8. The summed E-state index contributed by atoms with van der Waals surface area (Å²) in [5, 5.41) is 32.5. The van der Waals surface area contributed by atoms with Crippen LogP contribution >= 0.6 is 0 Å². The van der Waals surface area contributed by atoms with E-state index in [9.17, 15) is 15.0 Å². The maximum absolute atomic E-state index is 11.5. The van der Waals surface area contributed by atoms with Gasteiger partial charge >= 0.3 is 0 Å². The third kappa shape index (κ3) is 36.3. The monoisotopic (exact) mass is 1820 g/mol. The zero-order chi connectivity index (χ0) is 96.6. The van der Waals surface area contributed by atoms with Crippen molar-refractivity contribution < 1.29 is 24.5 Å². The summed E-state index contributed by atoms with van der Waals surface area (Å²) in [4.78, 5) is 27.8. The SMILES string of the molecule is CC(C)c1ccc(C2CCN(C)CC2)c(CO)c1.CC(C)c1ccc(C2CCN(C)CC2)cc1.CC(C)c1ccc(N2CCC(O)CC2)cc1.CC(C)c1ccc(N2CCN(C(=O)CN)CC2)cc1.CC(C)c1ccc(N2CCNC[C@@H]2C)cc1.CC(C)c1ccc(N2C[C@H](C)NC[C@H]2C)cc1.CNCCOc1ccc(C(C)C)cc1.COc1cc(C(C)C)ccc1C1CCNCC1. The van der Waals surface area contributed by atoms with Crippen molar-refractivity contribution in [3.05, 3.63) is 249 Å². The molecule has 17 heteroatoms. The molecule has 3 atom stereocenters. The van der Waals surface area contributed by atoms with Crippen LogP contribution in [-0.2, 0) is 11.4 Å². The quantitative estimate of drug-likeness (QED) is 0.0319. The fourth-order valence-electron chi connectivity index (χ4n) is 18.4. The van der Waals surface area contributed by atoms with Crippen LogP contribution in [-0.4, -0.2) is 214 Å². The number of aliphatic hydroxyl groups excluding tert-OH is 2. The number of hydrogen-bond donors (Lipinski definition) is 7. The van der Waals surface area contributed by atoms with Crippen molar-refractivity contribution in [2.45, 2.75) is 279 Å². The van der Waals surface area contributed by atoms with Gasteiger partial charge in [-0.1, -0.05) is 226 Å². The van der Waals surface area contributed by atoms with Gasteiger partial charge in [-0.3, -0.25) is 4.79 Å². The van der Waals surface area contributed by atoms with Crippen molar-refractivity contribution in [1.82, 2.24) is 36.0 Å². The standard InChI is InChI=1S/C16H25NO.C15H23N3O.C15H24N2.C15H23NO.C15H23N.C14H22N2.C14H21NO.C12H19NO/c1-12(2)14-4-5-16(15(10-14)11-18)13-6-8-17(3)9-7-13;1-12(2)13-3-5-14(6-4-13)17-7-9-18(10-8-17)15(19)11-16;1-11(2)14-5-7-15(8-6-14)17-10-12(3)16-9-13(17)4;1-11(2)13-4-5-14(15(10-13)17-3)12-6-8-16-9-7-12;1-12(2)13-4-6-14(7-5-13)15-8-10-16(3)11-9-15;1-11(2)13-4-6-14(7-5-13)16-9-8-15-10-12(16)3;1-11(2)12-3-5-13(6-4-12)15-9-7-14(16)8-10-15;1-10(2)11-4-6-12(7-5-11)14-9-8-13-3/h4-5,10,12-13,18H,6-9,11H2,1-3H3;3-6,12H,7-11,16H2,1-2H3;5-8,11-13,16H,9-10H2,1-4H3;4-5,10-12,16H,6-9H2,1-3H3;4-7,12,15H,8-11H2,1-3H3;4-7,11-12,15H,8-10H2,1-3H3;3-6,11,14,16H,7-10H2,1-2H3;4-7,10,13H,8-9H2,1-3H3/t;;12-,13+;;;12-;;/m..0..0../s1. The molecule has 17 nitrogen and oxygen atoms in total. The second kappa shape index (κ2) is 57.6. The highest BCUT2D eigenvalue weighted by Gasteiger charge is 2.28. The number of anilines is 4. The number of methoxy groups -OCH3 is 1. The Morgan fingerprint density at radius 2 is 0.820 bits per heavy atom. The molecule has 0 aromatic heterocycles. The van der Waals surface area contributed by atoms with Gasteiger partial charge in [-0.2, -0.15) is 0 Å². The summed E-state index contributed by atoms with van der Waals surface area (Å²) in [5.74, 6) is 8.86. The van der Waals surface area contributed by atoms with Gasteiger partial charge in [0.25, 0.3) is 0 Å². The van der Waals surface area contributed by atoms with Crippen LogP contribution in [0, 0.1) is 0 Å². The highest BCUT2D eigenvalue weighted by atomic mass is 16.5. The fraction of sp³-hybridized carbons (Fsp3) is 0.578. The van der Waals surface area contributed by atoms with Crippen LogP contribution < -0.4 is 56.1 Å². The molecule has 0 unspecified atom stereocenters. The molecule has 0 radical (unpaired) electrons. The smallest absolute Gasteiger partial charge is 0.236 e. The molecule has 8 aromatic rings. The normalized spacial score (nSPS) is 18.5. The number of nitrogens with one attached hydrogen (secondary N) is 4. The largest absolute Gasteiger partial charge is 0.496 e. The summed E-state index contributed by atoms with van der Waals surface area (Å²) in [6.45, 7) is 62.0. The van der Waals surface area contributed by atoms with E-state index >= 15 is 0 Å². The van der Waals surface area contributed by atoms with E-state index in [0.717, 1.165) is 134 Å². The van der Waals surface area contributed by atoms with Crippen molar-refractivity contribution >= 4 is 28.7 Å². The summed E-state index contributed by atoms with van der Waals surface area (Å²) in [6.07, 6.45) is 9.20. The van der Waals surface area contributed by atoms with Gasteiger partial charge in [0, 0.05) is 119 Å². The van der Waals surface area contributed by atoms with E-state index in [0.29, 0.717) is 77.3 Å². The molecule has 734 valence electrons. The Hall–Kier alpha value is -8.33. The number of carbonyl (C=O) groups is 1. The molecule has 15 rings (SSSR count). The second-order valence-electron chi connectivity index (χ2n) is 40.9. The Bertz CT molecular complexity index is 4410. The van der Waals surface area contributed by atoms with Gasteiger partial charge in [-0.25, -0.2) is 0 Å². The van der Waals surface area contributed by atoms with Gasteiger partial charge in [-0.05, 0) is 331 Å². The van der Waals surface area contributed by atoms with E-state index in [1.54, 1.807) is 7.11 Å². The molecule has 0 aliphatic carbocycles. The third-order valence-corrected chi connectivity index (χ3v) is 28.0. The maximum atomic E-state index is 11.5. The van der Waals surface area contributed by atoms with Crippen LogP contribution in [0.15, 0.2) is 182 Å². The minimum atomic E-state index is -0.0915. The third-order valence-electron chi connectivity index (χ3n) is 28.0. The number of ether oxygens (including phenoxy) is 2. The van der Waals surface area contributed by atoms with E-state index in [4.69, 9.17) is 15.2 Å². The number of likely N-dealkylation sites (N-methyl/N-ethyl adjacent to an activating group) is 1. The highest BCUT2D eigenvalue weighted by molar-refractivity contribution is 5.78. The van der Waals surface area contributed by atoms with Crippen LogP contribution in [0.4, 0.5) is 22.7 Å². The number of aliphatic hydroxyl groups is 2. The number of nitrogens with two attached hydrogens (primary N) is 1. The maximum Gasteiger partial charge on any atom is 0.236 e. The second-order valence-corrected chi connectivity index (χ2v) is 40.9. The molecule has 7 fully saturated rings. The predicted molar refractivity (Wildman–Crippen MR) is 569 cm³/mol. The molecule has 1 amide bonds. The minimum Gasteiger partial charge on any atom is -0.496 e. The topological polar surface area (TPSA) is 173 Å². The van der Waals surface area contributed by atoms with E-state index < -0.39 is 0 Å². The van der Waals surface area contributed by atoms with Crippen LogP contribution in [0.1, 0.15) is 315 Å². The first-order chi connectivity index (χ1) is 63.8. The van der Waals surface area contributed by atoms with E-state index in [-0.39, 0.29) is 25.2 Å². The fourth-order valence-corrected chi connectivity index (χ4v) is 18.4. The molecule has 8 aromatic carbocycles. The van der Waals surface area contributed by atoms with Gasteiger partial charge in [0.1, 0.15) is 18.1 Å². The van der Waals surface area contributed by atoms with E-state index in [1.807, 2.05) is 24.1 Å². The summed E-state index contributed by atoms with van der Waals surface area (Å²) >= 11 is 0. The van der Waals surface area contributed by atoms with Gasteiger partial charge in [-0.15, -0.1) is 0 Å². The Kier molecular flexibility index (Phi) is 47.7. The Balaban J connectivity index is 0.000000187. The van der Waals surface area contributed by atoms with Gasteiger partial charge in [0.05, 0.1) is 26.4 Å². The van der Waals surface area contributed by atoms with Crippen LogP contribution in [0.25, 0.3) is 0 Å². The van der Waals surface area contributed by atoms with E-state index in [1.165, 1.54) is 149 Å². The molecular weight excluding hydrogens is 1640 g/mol. The average Bonchev–Trinajstić information content (AvgIpc) is 0.812. The number of piperidine rings is 4. The molecule has 7 heterocycles. The zero-order valence-electron chi connectivity index (χ0n) is 86.8. The number of piperazine rings is 3. The van der Waals surface area contributed by atoms with E-state index in [2.05, 4.69) is 366 Å². The molecule has 0 saturated carbocycles. The Morgan fingerprint density at radius 1 is 0.429 bits per heavy atom. The van der Waals surface area contributed by atoms with Crippen LogP contribution in [0.2, 0.25) is 0 Å². The molecule has 0 bridgehead atoms. The predicted octanol–water partition coefficient (Wildman–Crippen LogP) is 22.2. The average molecular weight is 1820 g/mol. The first kappa shape index (κ1) is 110. The molecule has 133 heavy (non-hydrogen) atoms. The number of carbonyl (C=O) groups excluding carboxylic acids is 1. The lowest BCUT2D eigenvalue weighted by Gasteiger charge is -2.39. The van der Waals surface area contributed by atoms with Gasteiger partial charge in [0.2, 0.25) is 5.91 Å². The molecular formula is C116H180N12O5. The lowest BCUT2D eigenvalue weighted by Crippen LogP contribution is -2.54. The van der Waals surface area contributed by atoms with Crippen molar-refractivity contribution in [3.63, 3.8) is 0 Å². The molecule has 7 aliphatic heterocycles. The molecule has 7 aliphatic rings. The Morgan fingerprint density at radius 3 is 1.25 bits per heavy atom. The van der Waals surface area contributed by atoms with Crippen molar-refractivity contribution in [3.8, 4) is 11.5 Å². The van der Waals surface area contributed by atoms with Gasteiger partial charge < -0.3 is 81.0 Å². The number of amides is 1. The van der Waals surface area contributed by atoms with Crippen molar-refractivity contribution in [2.75, 3.05) is 179 Å². The van der Waals surface area contributed by atoms with Crippen molar-refractivity contribution in [1.29, 1.82) is 0 Å². The lowest BCUT2D eigenvalue weighted by atomic mass is 9.85. The summed E-state index contributed by atoms with van der Waals surface area (Å²) in [5.41, 5.74) is 27.2. The van der Waals surface area contributed by atoms with Crippen LogP contribution in [0.5, 0.6) is 11.5 Å². The number of likely N-dealkylation sites (tertiary alicyclic amines) is 2. The highest BCUT2D eigenvalue weighted by Crippen LogP contribution is 2.37.